The average molecular weight is 416 g/mol. The van der Waals surface area contributed by atoms with E-state index in [9.17, 15) is 0 Å². The van der Waals surface area contributed by atoms with Crippen LogP contribution in [-0.2, 0) is 11.3 Å². The van der Waals surface area contributed by atoms with Gasteiger partial charge in [0.15, 0.2) is 5.96 Å². The minimum atomic E-state index is 0.335. The van der Waals surface area contributed by atoms with E-state index in [0.717, 1.165) is 45.4 Å². The first-order valence-corrected chi connectivity index (χ1v) is 11.2. The van der Waals surface area contributed by atoms with Gasteiger partial charge in [0.1, 0.15) is 0 Å². The number of anilines is 1. The fourth-order valence-electron chi connectivity index (χ4n) is 3.38. The summed E-state index contributed by atoms with van der Waals surface area (Å²) in [7, 11) is 4.11. The topological polar surface area (TPSA) is 52.1 Å². The van der Waals surface area contributed by atoms with Gasteiger partial charge >= 0.3 is 0 Å². The second kappa shape index (κ2) is 11.2. The summed E-state index contributed by atoms with van der Waals surface area (Å²) in [6.45, 7) is 7.97. The van der Waals surface area contributed by atoms with Crippen LogP contribution in [0.1, 0.15) is 23.4 Å². The van der Waals surface area contributed by atoms with Crippen LogP contribution in [0.2, 0.25) is 0 Å². The molecular formula is C22H33N5OS. The fraction of sp³-hybridized carbons (Fsp3) is 0.500. The number of aliphatic imine (C=N–C) groups is 1. The van der Waals surface area contributed by atoms with Crippen molar-refractivity contribution in [3.05, 3.63) is 52.2 Å². The average Bonchev–Trinajstić information content (AvgIpc) is 3.27. The number of rotatable bonds is 8. The third-order valence-electron chi connectivity index (χ3n) is 5.04. The Morgan fingerprint density at radius 2 is 1.93 bits per heavy atom. The standard InChI is InChI=1S/C22H33N5OS/c1-4-23-22(24-16-18-7-9-19(10-8-18)26(2)3)25-17-20(21-6-5-15-29-21)27-11-13-28-14-12-27/h5-10,15,20H,4,11-14,16-17H2,1-3H3,(H2,23,24,25). The molecule has 29 heavy (non-hydrogen) atoms. The van der Waals surface area contributed by atoms with Crippen LogP contribution in [0.3, 0.4) is 0 Å². The van der Waals surface area contributed by atoms with Crippen LogP contribution in [0.5, 0.6) is 0 Å². The number of nitrogens with zero attached hydrogens (tertiary/aromatic N) is 3. The summed E-state index contributed by atoms with van der Waals surface area (Å²) in [5, 5.41) is 9.09. The van der Waals surface area contributed by atoms with Gasteiger partial charge in [0, 0.05) is 50.8 Å². The molecule has 1 unspecified atom stereocenters. The van der Waals surface area contributed by atoms with Crippen molar-refractivity contribution >= 4 is 23.0 Å². The molecule has 1 aromatic heterocycles. The number of nitrogens with one attached hydrogen (secondary N) is 2. The highest BCUT2D eigenvalue weighted by molar-refractivity contribution is 7.10. The van der Waals surface area contributed by atoms with E-state index in [1.54, 1.807) is 0 Å². The first-order valence-electron chi connectivity index (χ1n) is 10.3. The summed E-state index contributed by atoms with van der Waals surface area (Å²) in [5.41, 5.74) is 2.41. The Labute approximate surface area is 178 Å². The summed E-state index contributed by atoms with van der Waals surface area (Å²) in [6.07, 6.45) is 0. The Morgan fingerprint density at radius 3 is 2.55 bits per heavy atom. The molecule has 158 valence electrons. The molecule has 3 rings (SSSR count). The van der Waals surface area contributed by atoms with Crippen LogP contribution in [0.4, 0.5) is 5.69 Å². The third kappa shape index (κ3) is 6.45. The molecule has 2 heterocycles. The van der Waals surface area contributed by atoms with Gasteiger partial charge in [-0.1, -0.05) is 18.2 Å². The predicted molar refractivity (Wildman–Crippen MR) is 123 cm³/mol. The Kier molecular flexibility index (Phi) is 8.34. The van der Waals surface area contributed by atoms with Crippen LogP contribution >= 0.6 is 11.3 Å². The van der Waals surface area contributed by atoms with E-state index in [0.29, 0.717) is 12.6 Å². The van der Waals surface area contributed by atoms with Gasteiger partial charge in [-0.15, -0.1) is 11.3 Å². The second-order valence-corrected chi connectivity index (χ2v) is 8.30. The predicted octanol–water partition coefficient (Wildman–Crippen LogP) is 2.94. The van der Waals surface area contributed by atoms with Crippen molar-refractivity contribution in [3.63, 3.8) is 0 Å². The number of ether oxygens (including phenoxy) is 1. The van der Waals surface area contributed by atoms with Crippen molar-refractivity contribution < 1.29 is 4.74 Å². The Hall–Kier alpha value is -2.09. The minimum Gasteiger partial charge on any atom is -0.379 e. The zero-order chi connectivity index (χ0) is 20.5. The van der Waals surface area contributed by atoms with Gasteiger partial charge in [-0.25, -0.2) is 4.99 Å². The summed E-state index contributed by atoms with van der Waals surface area (Å²) in [6, 6.07) is 13.2. The molecule has 7 heteroatoms. The number of thiophene rings is 1. The van der Waals surface area contributed by atoms with E-state index in [2.05, 4.69) is 83.2 Å². The minimum absolute atomic E-state index is 0.335. The maximum Gasteiger partial charge on any atom is 0.191 e. The van der Waals surface area contributed by atoms with E-state index in [4.69, 9.17) is 9.73 Å². The van der Waals surface area contributed by atoms with E-state index in [-0.39, 0.29) is 0 Å². The van der Waals surface area contributed by atoms with Crippen LogP contribution < -0.4 is 15.5 Å². The monoisotopic (exact) mass is 415 g/mol. The van der Waals surface area contributed by atoms with Gasteiger partial charge in [0.25, 0.3) is 0 Å². The van der Waals surface area contributed by atoms with Gasteiger partial charge in [0.2, 0.25) is 0 Å². The lowest BCUT2D eigenvalue weighted by molar-refractivity contribution is 0.0177. The van der Waals surface area contributed by atoms with Crippen molar-refractivity contribution in [1.82, 2.24) is 15.5 Å². The van der Waals surface area contributed by atoms with Crippen LogP contribution in [0.15, 0.2) is 46.8 Å². The zero-order valence-electron chi connectivity index (χ0n) is 17.7. The van der Waals surface area contributed by atoms with Gasteiger partial charge < -0.3 is 20.3 Å². The molecule has 0 spiro atoms. The lowest BCUT2D eigenvalue weighted by Crippen LogP contribution is -2.46. The molecule has 2 aromatic rings. The summed E-state index contributed by atoms with van der Waals surface area (Å²) in [5.74, 6) is 0.860. The highest BCUT2D eigenvalue weighted by Gasteiger charge is 2.23. The van der Waals surface area contributed by atoms with Crippen LogP contribution in [-0.4, -0.2) is 64.3 Å². The highest BCUT2D eigenvalue weighted by atomic mass is 32.1. The Bertz CT molecular complexity index is 739. The maximum atomic E-state index is 5.54. The molecule has 1 atom stereocenters. The van der Waals surface area contributed by atoms with Gasteiger partial charge in [-0.05, 0) is 36.1 Å². The van der Waals surface area contributed by atoms with E-state index in [1.807, 2.05) is 11.3 Å². The molecule has 1 fully saturated rings. The molecule has 2 N–H and O–H groups in total. The van der Waals surface area contributed by atoms with Crippen molar-refractivity contribution in [2.75, 3.05) is 58.4 Å². The molecule has 1 aliphatic heterocycles. The Balaban J connectivity index is 1.63. The number of benzene rings is 1. The van der Waals surface area contributed by atoms with E-state index in [1.165, 1.54) is 16.1 Å². The number of morpholine rings is 1. The van der Waals surface area contributed by atoms with Crippen molar-refractivity contribution in [1.29, 1.82) is 0 Å². The molecule has 0 aliphatic carbocycles. The van der Waals surface area contributed by atoms with E-state index >= 15 is 0 Å². The summed E-state index contributed by atoms with van der Waals surface area (Å²) in [4.78, 5) is 10.8. The number of hydrogen-bond acceptors (Lipinski definition) is 5. The zero-order valence-corrected chi connectivity index (χ0v) is 18.5. The van der Waals surface area contributed by atoms with Gasteiger partial charge in [-0.2, -0.15) is 0 Å². The van der Waals surface area contributed by atoms with Crippen molar-refractivity contribution in [3.8, 4) is 0 Å². The first-order chi connectivity index (χ1) is 14.2. The lowest BCUT2D eigenvalue weighted by Gasteiger charge is -2.34. The molecule has 1 saturated heterocycles. The normalized spacial score (nSPS) is 16.4. The smallest absolute Gasteiger partial charge is 0.191 e. The third-order valence-corrected chi connectivity index (χ3v) is 6.01. The van der Waals surface area contributed by atoms with Gasteiger partial charge in [-0.3, -0.25) is 4.90 Å². The quantitative estimate of drug-likeness (QED) is 0.513. The van der Waals surface area contributed by atoms with Crippen LogP contribution in [0, 0.1) is 0 Å². The van der Waals surface area contributed by atoms with Crippen molar-refractivity contribution in [2.24, 2.45) is 4.99 Å². The SMILES string of the molecule is CCNC(=NCc1ccc(N(C)C)cc1)NCC(c1cccs1)N1CCOCC1. The summed E-state index contributed by atoms with van der Waals surface area (Å²) < 4.78 is 5.54. The largest absolute Gasteiger partial charge is 0.379 e. The second-order valence-electron chi connectivity index (χ2n) is 7.32. The fourth-order valence-corrected chi connectivity index (χ4v) is 4.25. The number of guanidine groups is 1. The molecular weight excluding hydrogens is 382 g/mol. The maximum absolute atomic E-state index is 5.54. The molecule has 0 bridgehead atoms. The number of hydrogen-bond donors (Lipinski definition) is 2. The van der Waals surface area contributed by atoms with Crippen molar-refractivity contribution in [2.45, 2.75) is 19.5 Å². The highest BCUT2D eigenvalue weighted by Crippen LogP contribution is 2.25. The molecule has 0 amide bonds. The molecule has 0 radical (unpaired) electrons. The molecule has 1 aliphatic rings. The van der Waals surface area contributed by atoms with E-state index < -0.39 is 0 Å². The molecule has 6 nitrogen and oxygen atoms in total. The lowest BCUT2D eigenvalue weighted by atomic mass is 10.2. The first kappa shape index (κ1) is 21.6. The Morgan fingerprint density at radius 1 is 1.17 bits per heavy atom. The molecule has 0 saturated carbocycles. The summed E-state index contributed by atoms with van der Waals surface area (Å²) >= 11 is 1.82. The molecule has 1 aromatic carbocycles. The van der Waals surface area contributed by atoms with Gasteiger partial charge in [0.05, 0.1) is 25.8 Å². The van der Waals surface area contributed by atoms with Crippen LogP contribution in [0.25, 0.3) is 0 Å².